The molecule has 1 aliphatic heterocycles. The zero-order valence-electron chi connectivity index (χ0n) is 18.5. The third-order valence-corrected chi connectivity index (χ3v) is 6.79. The van der Waals surface area contributed by atoms with E-state index in [-0.39, 0.29) is 25.4 Å². The van der Waals surface area contributed by atoms with Gasteiger partial charge in [0.15, 0.2) is 0 Å². The first-order valence-corrected chi connectivity index (χ1v) is 11.8. The molecule has 7 nitrogen and oxygen atoms in total. The first-order chi connectivity index (χ1) is 15.5. The predicted octanol–water partition coefficient (Wildman–Crippen LogP) is 3.00. The van der Waals surface area contributed by atoms with Crippen LogP contribution in [0.2, 0.25) is 0 Å². The SMILES string of the molecule is CC(C)Oc1ccc(-c2nnc(-c3ccc4c(c3)CCN(C(CO)CO)CC4)s2)cc1N. The maximum absolute atomic E-state index is 9.52. The number of nitrogens with zero attached hydrogens (tertiary/aromatic N) is 3. The molecule has 1 aliphatic rings. The molecule has 8 heteroatoms. The Morgan fingerprint density at radius 3 is 2.22 bits per heavy atom. The number of rotatable bonds is 7. The van der Waals surface area contributed by atoms with E-state index in [2.05, 4.69) is 33.3 Å². The Balaban J connectivity index is 1.53. The first-order valence-electron chi connectivity index (χ1n) is 11.0. The standard InChI is InChI=1S/C24H30N4O3S/c1-15(2)31-22-6-5-19(12-21(22)25)24-27-26-23(32-24)18-4-3-16-7-9-28(20(13-29)14-30)10-8-17(16)11-18/h3-6,11-12,15,20,29-30H,7-10,13-14,25H2,1-2H3. The number of ether oxygens (including phenoxy) is 1. The molecule has 3 aromatic rings. The van der Waals surface area contributed by atoms with Crippen LogP contribution in [-0.2, 0) is 12.8 Å². The average molecular weight is 455 g/mol. The summed E-state index contributed by atoms with van der Waals surface area (Å²) < 4.78 is 5.72. The van der Waals surface area contributed by atoms with E-state index in [0.717, 1.165) is 47.1 Å². The molecule has 2 heterocycles. The molecule has 0 bridgehead atoms. The van der Waals surface area contributed by atoms with Crippen molar-refractivity contribution in [1.29, 1.82) is 0 Å². The zero-order valence-corrected chi connectivity index (χ0v) is 19.3. The van der Waals surface area contributed by atoms with Crippen LogP contribution in [0.3, 0.4) is 0 Å². The first kappa shape index (κ1) is 22.7. The normalized spacial score (nSPS) is 14.6. The third kappa shape index (κ3) is 4.94. The molecule has 0 saturated carbocycles. The molecule has 0 radical (unpaired) electrons. The van der Waals surface area contributed by atoms with Crippen LogP contribution in [0.1, 0.15) is 25.0 Å². The van der Waals surface area contributed by atoms with Gasteiger partial charge in [-0.25, -0.2) is 0 Å². The van der Waals surface area contributed by atoms with Gasteiger partial charge in [-0.1, -0.05) is 23.5 Å². The Bertz CT molecular complexity index is 1070. The van der Waals surface area contributed by atoms with Gasteiger partial charge in [0.05, 0.1) is 31.0 Å². The third-order valence-electron chi connectivity index (χ3n) is 5.77. The van der Waals surface area contributed by atoms with Crippen LogP contribution in [0.5, 0.6) is 5.75 Å². The summed E-state index contributed by atoms with van der Waals surface area (Å²) in [7, 11) is 0. The van der Waals surface area contributed by atoms with Gasteiger partial charge in [0.2, 0.25) is 0 Å². The quantitative estimate of drug-likeness (QED) is 0.471. The van der Waals surface area contributed by atoms with Crippen molar-refractivity contribution in [2.24, 2.45) is 0 Å². The molecule has 0 unspecified atom stereocenters. The molecule has 170 valence electrons. The number of aromatic nitrogens is 2. The minimum absolute atomic E-state index is 0.0270. The highest BCUT2D eigenvalue weighted by Crippen LogP contribution is 2.34. The lowest BCUT2D eigenvalue weighted by atomic mass is 10.0. The van der Waals surface area contributed by atoms with E-state index in [1.165, 1.54) is 11.1 Å². The summed E-state index contributed by atoms with van der Waals surface area (Å²) in [4.78, 5) is 2.17. The second kappa shape index (κ2) is 9.95. The van der Waals surface area contributed by atoms with Gasteiger partial charge >= 0.3 is 0 Å². The molecule has 0 amide bonds. The Kier molecular flexibility index (Phi) is 7.05. The number of aliphatic hydroxyl groups is 2. The molecule has 4 N–H and O–H groups in total. The Labute approximate surface area is 192 Å². The molecular weight excluding hydrogens is 424 g/mol. The van der Waals surface area contributed by atoms with E-state index in [1.54, 1.807) is 11.3 Å². The lowest BCUT2D eigenvalue weighted by molar-refractivity contribution is 0.0769. The number of aliphatic hydroxyl groups excluding tert-OH is 2. The molecular formula is C24H30N4O3S. The summed E-state index contributed by atoms with van der Waals surface area (Å²) in [6.45, 7) is 5.54. The number of hydrogen-bond acceptors (Lipinski definition) is 8. The number of benzene rings is 2. The summed E-state index contributed by atoms with van der Waals surface area (Å²) in [6, 6.07) is 12.0. The van der Waals surface area contributed by atoms with Crippen molar-refractivity contribution in [1.82, 2.24) is 15.1 Å². The second-order valence-electron chi connectivity index (χ2n) is 8.37. The topological polar surface area (TPSA) is 105 Å². The van der Waals surface area contributed by atoms with Gasteiger partial charge in [-0.2, -0.15) is 0 Å². The van der Waals surface area contributed by atoms with Crippen LogP contribution in [0.15, 0.2) is 36.4 Å². The van der Waals surface area contributed by atoms with E-state index >= 15 is 0 Å². The van der Waals surface area contributed by atoms with E-state index in [0.29, 0.717) is 11.4 Å². The van der Waals surface area contributed by atoms with Crippen LogP contribution in [0, 0.1) is 0 Å². The van der Waals surface area contributed by atoms with Crippen molar-refractivity contribution in [3.63, 3.8) is 0 Å². The monoisotopic (exact) mass is 454 g/mol. The van der Waals surface area contributed by atoms with Crippen molar-refractivity contribution in [3.05, 3.63) is 47.5 Å². The number of hydrogen-bond donors (Lipinski definition) is 3. The smallest absolute Gasteiger partial charge is 0.148 e. The zero-order chi connectivity index (χ0) is 22.7. The average Bonchev–Trinajstić information content (AvgIpc) is 3.18. The van der Waals surface area contributed by atoms with Gasteiger partial charge in [0, 0.05) is 24.2 Å². The Morgan fingerprint density at radius 2 is 1.59 bits per heavy atom. The van der Waals surface area contributed by atoms with Crippen LogP contribution in [-0.4, -0.2) is 63.8 Å². The van der Waals surface area contributed by atoms with Gasteiger partial charge in [0.1, 0.15) is 15.8 Å². The fourth-order valence-electron chi connectivity index (χ4n) is 4.03. The van der Waals surface area contributed by atoms with Crippen LogP contribution < -0.4 is 10.5 Å². The van der Waals surface area contributed by atoms with Crippen molar-refractivity contribution < 1.29 is 14.9 Å². The van der Waals surface area contributed by atoms with Crippen LogP contribution >= 0.6 is 11.3 Å². The summed E-state index contributed by atoms with van der Waals surface area (Å²) in [6.07, 6.45) is 1.84. The van der Waals surface area contributed by atoms with Crippen LogP contribution in [0.4, 0.5) is 5.69 Å². The lowest BCUT2D eigenvalue weighted by Gasteiger charge is -2.27. The summed E-state index contributed by atoms with van der Waals surface area (Å²) in [5.41, 5.74) is 11.3. The minimum Gasteiger partial charge on any atom is -0.489 e. The molecule has 0 aliphatic carbocycles. The molecule has 0 spiro atoms. The number of nitrogens with two attached hydrogens (primary N) is 1. The van der Waals surface area contributed by atoms with Crippen molar-refractivity contribution in [2.45, 2.75) is 38.8 Å². The highest BCUT2D eigenvalue weighted by Gasteiger charge is 2.21. The second-order valence-corrected chi connectivity index (χ2v) is 9.35. The van der Waals surface area contributed by atoms with Gasteiger partial charge in [-0.3, -0.25) is 4.90 Å². The lowest BCUT2D eigenvalue weighted by Crippen LogP contribution is -2.42. The van der Waals surface area contributed by atoms with Gasteiger partial charge < -0.3 is 20.7 Å². The number of fused-ring (bicyclic) bond motifs is 1. The van der Waals surface area contributed by atoms with Gasteiger partial charge in [-0.15, -0.1) is 10.2 Å². The predicted molar refractivity (Wildman–Crippen MR) is 128 cm³/mol. The van der Waals surface area contributed by atoms with Crippen molar-refractivity contribution in [2.75, 3.05) is 32.0 Å². The Hall–Kier alpha value is -2.52. The molecule has 1 aromatic heterocycles. The maximum atomic E-state index is 9.52. The molecule has 2 aromatic carbocycles. The van der Waals surface area contributed by atoms with Crippen molar-refractivity contribution >= 4 is 17.0 Å². The van der Waals surface area contributed by atoms with Crippen molar-refractivity contribution in [3.8, 4) is 26.9 Å². The molecule has 32 heavy (non-hydrogen) atoms. The summed E-state index contributed by atoms with van der Waals surface area (Å²) >= 11 is 1.54. The fourth-order valence-corrected chi connectivity index (χ4v) is 4.86. The van der Waals surface area contributed by atoms with Crippen LogP contribution in [0.25, 0.3) is 21.1 Å². The number of anilines is 1. The van der Waals surface area contributed by atoms with Gasteiger partial charge in [0.25, 0.3) is 0 Å². The minimum atomic E-state index is -0.195. The van der Waals surface area contributed by atoms with E-state index in [1.807, 2.05) is 32.0 Å². The highest BCUT2D eigenvalue weighted by atomic mass is 32.1. The maximum Gasteiger partial charge on any atom is 0.148 e. The molecule has 0 fully saturated rings. The summed E-state index contributed by atoms with van der Waals surface area (Å²) in [5.74, 6) is 0.679. The summed E-state index contributed by atoms with van der Waals surface area (Å²) in [5, 5.41) is 29.5. The number of nitrogen functional groups attached to an aromatic ring is 1. The van der Waals surface area contributed by atoms with E-state index in [4.69, 9.17) is 10.5 Å². The molecule has 4 rings (SSSR count). The Morgan fingerprint density at radius 1 is 0.969 bits per heavy atom. The molecule has 0 atom stereocenters. The fraction of sp³-hybridized carbons (Fsp3) is 0.417. The van der Waals surface area contributed by atoms with E-state index < -0.39 is 0 Å². The van der Waals surface area contributed by atoms with E-state index in [9.17, 15) is 10.2 Å². The van der Waals surface area contributed by atoms with Gasteiger partial charge in [-0.05, 0) is 62.1 Å². The highest BCUT2D eigenvalue weighted by molar-refractivity contribution is 7.17. The molecule has 0 saturated heterocycles. The largest absolute Gasteiger partial charge is 0.489 e.